The van der Waals surface area contributed by atoms with Gasteiger partial charge in [-0.25, -0.2) is 4.39 Å². The van der Waals surface area contributed by atoms with E-state index in [4.69, 9.17) is 0 Å². The standard InChI is InChI=1S/C15H10FS.Y/c16-14-7-3-1-5-11(14)9-13-10-12-6-2-4-8-15(12)17-13;/h2-8,10H,9H2;/q-1;. The van der Waals surface area contributed by atoms with Crippen LogP contribution in [0.3, 0.4) is 0 Å². The van der Waals surface area contributed by atoms with Crippen molar-refractivity contribution in [2.75, 3.05) is 0 Å². The quantitative estimate of drug-likeness (QED) is 0.610. The Morgan fingerprint density at radius 3 is 2.78 bits per heavy atom. The van der Waals surface area contributed by atoms with Gasteiger partial charge in [-0.2, -0.15) is 18.2 Å². The smallest absolute Gasteiger partial charge is 0.0345 e. The first-order valence-electron chi connectivity index (χ1n) is 5.45. The van der Waals surface area contributed by atoms with E-state index in [2.05, 4.69) is 24.3 Å². The fourth-order valence-electron chi connectivity index (χ4n) is 1.89. The van der Waals surface area contributed by atoms with Crippen molar-refractivity contribution in [1.82, 2.24) is 0 Å². The molecule has 0 aliphatic rings. The van der Waals surface area contributed by atoms with Crippen LogP contribution >= 0.6 is 11.3 Å². The van der Waals surface area contributed by atoms with Crippen molar-refractivity contribution in [1.29, 1.82) is 0 Å². The Bertz CT molecular complexity index is 627. The second-order valence-corrected chi connectivity index (χ2v) is 5.11. The first-order valence-corrected chi connectivity index (χ1v) is 6.26. The molecule has 1 radical (unpaired) electrons. The molecule has 0 atom stereocenters. The molecule has 0 fully saturated rings. The number of thiophene rings is 1. The monoisotopic (exact) mass is 330 g/mol. The molecule has 0 N–H and O–H groups in total. The Kier molecular flexibility index (Phi) is 4.66. The van der Waals surface area contributed by atoms with Crippen LogP contribution in [0.4, 0.5) is 4.39 Å². The zero-order valence-electron chi connectivity index (χ0n) is 9.69. The van der Waals surface area contributed by atoms with E-state index in [1.54, 1.807) is 23.5 Å². The Balaban J connectivity index is 0.00000120. The maximum Gasteiger partial charge on any atom is 0.0345 e. The SMILES string of the molecule is Fc1cc[c-]cc1Cc1cc2ccccc2s1.[Y]. The molecule has 87 valence electrons. The maximum absolute atomic E-state index is 13.5. The van der Waals surface area contributed by atoms with Crippen molar-refractivity contribution in [3.63, 3.8) is 0 Å². The first kappa shape index (κ1) is 13.9. The molecule has 0 spiro atoms. The topological polar surface area (TPSA) is 0 Å². The molecule has 3 rings (SSSR count). The summed E-state index contributed by atoms with van der Waals surface area (Å²) in [7, 11) is 0. The van der Waals surface area contributed by atoms with Gasteiger partial charge in [0.2, 0.25) is 0 Å². The van der Waals surface area contributed by atoms with Gasteiger partial charge in [0.15, 0.2) is 0 Å². The third-order valence-electron chi connectivity index (χ3n) is 2.73. The third kappa shape index (κ3) is 2.88. The molecule has 0 aliphatic carbocycles. The van der Waals surface area contributed by atoms with Gasteiger partial charge in [-0.05, 0) is 28.8 Å². The minimum Gasteiger partial charge on any atom is -0.235 e. The van der Waals surface area contributed by atoms with Crippen LogP contribution in [-0.2, 0) is 39.1 Å². The zero-order valence-corrected chi connectivity index (χ0v) is 13.3. The second kappa shape index (κ2) is 6.05. The molecule has 0 aliphatic heterocycles. The molecule has 18 heavy (non-hydrogen) atoms. The van der Waals surface area contributed by atoms with Crippen molar-refractivity contribution in [2.45, 2.75) is 6.42 Å². The van der Waals surface area contributed by atoms with E-state index >= 15 is 0 Å². The molecular weight excluding hydrogens is 320 g/mol. The van der Waals surface area contributed by atoms with E-state index in [9.17, 15) is 4.39 Å². The van der Waals surface area contributed by atoms with E-state index < -0.39 is 0 Å². The first-order chi connectivity index (χ1) is 8.33. The van der Waals surface area contributed by atoms with Crippen LogP contribution in [0.15, 0.2) is 48.5 Å². The van der Waals surface area contributed by atoms with Crippen molar-refractivity contribution < 1.29 is 37.1 Å². The summed E-state index contributed by atoms with van der Waals surface area (Å²) in [6, 6.07) is 18.1. The van der Waals surface area contributed by atoms with Crippen LogP contribution < -0.4 is 0 Å². The number of rotatable bonds is 2. The van der Waals surface area contributed by atoms with Gasteiger partial charge in [0, 0.05) is 43.2 Å². The molecule has 3 aromatic rings. The molecule has 0 saturated carbocycles. The summed E-state index contributed by atoms with van der Waals surface area (Å²) in [5.41, 5.74) is 0.707. The molecule has 3 heteroatoms. The predicted molar refractivity (Wildman–Crippen MR) is 69.9 cm³/mol. The Morgan fingerprint density at radius 1 is 1.17 bits per heavy atom. The van der Waals surface area contributed by atoms with E-state index in [0.717, 1.165) is 0 Å². The number of benzene rings is 2. The van der Waals surface area contributed by atoms with Crippen molar-refractivity contribution in [2.24, 2.45) is 0 Å². The molecule has 2 aromatic carbocycles. The number of hydrogen-bond acceptors (Lipinski definition) is 1. The van der Waals surface area contributed by atoms with E-state index in [-0.39, 0.29) is 38.5 Å². The van der Waals surface area contributed by atoms with Crippen molar-refractivity contribution in [3.05, 3.63) is 70.9 Å². The largest absolute Gasteiger partial charge is 0.235 e. The molecule has 0 unspecified atom stereocenters. The Morgan fingerprint density at radius 2 is 2.00 bits per heavy atom. The average molecular weight is 330 g/mol. The molecule has 1 heterocycles. The summed E-state index contributed by atoms with van der Waals surface area (Å²) in [4.78, 5) is 1.18. The summed E-state index contributed by atoms with van der Waals surface area (Å²) >= 11 is 1.72. The van der Waals surface area contributed by atoms with Crippen molar-refractivity contribution in [3.8, 4) is 0 Å². The summed E-state index contributed by atoms with van der Waals surface area (Å²) in [6.45, 7) is 0. The van der Waals surface area contributed by atoms with Gasteiger partial charge in [-0.3, -0.25) is 0 Å². The van der Waals surface area contributed by atoms with Gasteiger partial charge in [-0.15, -0.1) is 23.0 Å². The number of hydrogen-bond donors (Lipinski definition) is 0. The van der Waals surface area contributed by atoms with Gasteiger partial charge >= 0.3 is 0 Å². The summed E-state index contributed by atoms with van der Waals surface area (Å²) in [5.74, 6) is -0.152. The summed E-state index contributed by atoms with van der Waals surface area (Å²) in [5, 5.41) is 1.23. The van der Waals surface area contributed by atoms with Gasteiger partial charge in [0.05, 0.1) is 0 Å². The van der Waals surface area contributed by atoms with Crippen LogP contribution in [0.2, 0.25) is 0 Å². The van der Waals surface area contributed by atoms with Crippen LogP contribution in [0.5, 0.6) is 0 Å². The molecular formula is C15H10FSY-. The van der Waals surface area contributed by atoms with Gasteiger partial charge in [-0.1, -0.05) is 18.2 Å². The molecule has 0 saturated heterocycles. The van der Waals surface area contributed by atoms with E-state index in [1.807, 2.05) is 12.1 Å². The zero-order chi connectivity index (χ0) is 11.7. The molecule has 1 aromatic heterocycles. The Labute approximate surface area is 135 Å². The average Bonchev–Trinajstić information content (AvgIpc) is 2.74. The summed E-state index contributed by atoms with van der Waals surface area (Å²) in [6.07, 6.45) is 0.641. The minimum atomic E-state index is -0.152. The number of halogens is 1. The Hall–Kier alpha value is -0.566. The minimum absolute atomic E-state index is 0. The third-order valence-corrected chi connectivity index (χ3v) is 3.85. The van der Waals surface area contributed by atoms with Gasteiger partial charge in [0.25, 0.3) is 0 Å². The molecule has 0 nitrogen and oxygen atoms in total. The van der Waals surface area contributed by atoms with Crippen LogP contribution in [-0.4, -0.2) is 0 Å². The maximum atomic E-state index is 13.5. The fourth-order valence-corrected chi connectivity index (χ4v) is 2.98. The molecule has 0 bridgehead atoms. The van der Waals surface area contributed by atoms with Gasteiger partial charge in [0.1, 0.15) is 0 Å². The molecule has 0 amide bonds. The van der Waals surface area contributed by atoms with Crippen LogP contribution in [0, 0.1) is 11.9 Å². The van der Waals surface area contributed by atoms with E-state index in [0.29, 0.717) is 12.0 Å². The van der Waals surface area contributed by atoms with E-state index in [1.165, 1.54) is 21.0 Å². The van der Waals surface area contributed by atoms with Crippen LogP contribution in [0.1, 0.15) is 10.4 Å². The predicted octanol–water partition coefficient (Wildman–Crippen LogP) is 4.43. The van der Waals surface area contributed by atoms with Crippen LogP contribution in [0.25, 0.3) is 10.1 Å². The number of fused-ring (bicyclic) bond motifs is 1. The summed E-state index contributed by atoms with van der Waals surface area (Å²) < 4.78 is 14.8. The van der Waals surface area contributed by atoms with Crippen molar-refractivity contribution >= 4 is 21.4 Å². The fraction of sp³-hybridized carbons (Fsp3) is 0.0667. The van der Waals surface area contributed by atoms with Gasteiger partial charge < -0.3 is 0 Å². The normalized spacial score (nSPS) is 10.3. The second-order valence-electron chi connectivity index (χ2n) is 3.94.